The zero-order valence-corrected chi connectivity index (χ0v) is 13.6. The smallest absolute Gasteiger partial charge is 0.100 e. The SMILES string of the molecule is Cc1ccc2c3c(cccc13)-c1c-2c(C#N)c2ccccc2c1C#N. The molecule has 4 aromatic rings. The maximum absolute atomic E-state index is 9.92. The zero-order chi connectivity index (χ0) is 17.1. The van der Waals surface area contributed by atoms with E-state index in [0.29, 0.717) is 11.1 Å². The Kier molecular flexibility index (Phi) is 2.59. The van der Waals surface area contributed by atoms with Crippen molar-refractivity contribution in [2.24, 2.45) is 0 Å². The van der Waals surface area contributed by atoms with Crippen molar-refractivity contribution in [3.63, 3.8) is 0 Å². The van der Waals surface area contributed by atoms with E-state index >= 15 is 0 Å². The van der Waals surface area contributed by atoms with Crippen LogP contribution in [0.4, 0.5) is 0 Å². The van der Waals surface area contributed by atoms with E-state index in [2.05, 4.69) is 43.3 Å². The quantitative estimate of drug-likeness (QED) is 0.368. The predicted octanol–water partition coefficient (Wildman–Crippen LogP) is 5.69. The summed E-state index contributed by atoms with van der Waals surface area (Å²) in [7, 11) is 0. The second-order valence-electron chi connectivity index (χ2n) is 6.43. The molecule has 5 rings (SSSR count). The highest BCUT2D eigenvalue weighted by atomic mass is 14.3. The molecule has 1 aliphatic carbocycles. The minimum Gasteiger partial charge on any atom is -0.192 e. The highest BCUT2D eigenvalue weighted by Gasteiger charge is 2.29. The largest absolute Gasteiger partial charge is 0.192 e. The minimum absolute atomic E-state index is 0.658. The van der Waals surface area contributed by atoms with Crippen LogP contribution >= 0.6 is 0 Å². The Labute approximate surface area is 145 Å². The summed E-state index contributed by atoms with van der Waals surface area (Å²) in [5.74, 6) is 0. The Hall–Kier alpha value is -3.62. The first kappa shape index (κ1) is 13.8. The van der Waals surface area contributed by atoms with Crippen LogP contribution in [0.1, 0.15) is 16.7 Å². The summed E-state index contributed by atoms with van der Waals surface area (Å²) < 4.78 is 0. The molecule has 1 aliphatic rings. The minimum atomic E-state index is 0.658. The molecule has 2 heteroatoms. The maximum atomic E-state index is 9.92. The van der Waals surface area contributed by atoms with Crippen LogP contribution in [0.15, 0.2) is 54.6 Å². The lowest BCUT2D eigenvalue weighted by Gasteiger charge is -2.11. The highest BCUT2D eigenvalue weighted by molar-refractivity contribution is 6.21. The van der Waals surface area contributed by atoms with E-state index < -0.39 is 0 Å². The fourth-order valence-electron chi connectivity index (χ4n) is 4.18. The molecule has 0 aliphatic heterocycles. The first-order valence-electron chi connectivity index (χ1n) is 8.18. The van der Waals surface area contributed by atoms with Gasteiger partial charge in [-0.25, -0.2) is 0 Å². The van der Waals surface area contributed by atoms with Crippen LogP contribution in [-0.4, -0.2) is 0 Å². The summed E-state index contributed by atoms with van der Waals surface area (Å²) in [4.78, 5) is 0. The summed E-state index contributed by atoms with van der Waals surface area (Å²) in [6.07, 6.45) is 0. The fourth-order valence-corrected chi connectivity index (χ4v) is 4.18. The molecule has 0 radical (unpaired) electrons. The summed E-state index contributed by atoms with van der Waals surface area (Å²) in [6, 6.07) is 22.9. The molecule has 0 amide bonds. The van der Waals surface area contributed by atoms with Gasteiger partial charge in [0, 0.05) is 21.9 Å². The molecule has 0 N–H and O–H groups in total. The molecular formula is C23H12N2. The molecule has 0 unspecified atom stereocenters. The third-order valence-corrected chi connectivity index (χ3v) is 5.24. The number of aryl methyl sites for hydroxylation is 1. The van der Waals surface area contributed by atoms with E-state index in [1.807, 2.05) is 30.3 Å². The second-order valence-corrected chi connectivity index (χ2v) is 6.43. The van der Waals surface area contributed by atoms with E-state index in [4.69, 9.17) is 0 Å². The number of rotatable bonds is 0. The van der Waals surface area contributed by atoms with Crippen molar-refractivity contribution >= 4 is 21.5 Å². The van der Waals surface area contributed by atoms with Gasteiger partial charge < -0.3 is 0 Å². The number of hydrogen-bond donors (Lipinski definition) is 0. The van der Waals surface area contributed by atoms with Crippen LogP contribution in [0, 0.1) is 29.6 Å². The van der Waals surface area contributed by atoms with Crippen LogP contribution in [0.2, 0.25) is 0 Å². The van der Waals surface area contributed by atoms with Gasteiger partial charge in [0.25, 0.3) is 0 Å². The predicted molar refractivity (Wildman–Crippen MR) is 100 cm³/mol. The number of benzene rings is 4. The van der Waals surface area contributed by atoms with Crippen molar-refractivity contribution in [2.45, 2.75) is 6.92 Å². The van der Waals surface area contributed by atoms with Gasteiger partial charge in [-0.2, -0.15) is 10.5 Å². The highest BCUT2D eigenvalue weighted by Crippen LogP contribution is 2.52. The van der Waals surface area contributed by atoms with Crippen molar-refractivity contribution in [3.05, 3.63) is 71.3 Å². The third-order valence-electron chi connectivity index (χ3n) is 5.24. The lowest BCUT2D eigenvalue weighted by molar-refractivity contribution is 1.48. The molecule has 0 atom stereocenters. The summed E-state index contributed by atoms with van der Waals surface area (Å²) in [5.41, 5.74) is 6.45. The lowest BCUT2D eigenvalue weighted by Crippen LogP contribution is -1.92. The molecule has 25 heavy (non-hydrogen) atoms. The van der Waals surface area contributed by atoms with Crippen LogP contribution in [-0.2, 0) is 0 Å². The molecule has 4 aromatic carbocycles. The molecule has 0 spiro atoms. The van der Waals surface area contributed by atoms with Gasteiger partial charge in [-0.1, -0.05) is 54.6 Å². The molecule has 0 aromatic heterocycles. The van der Waals surface area contributed by atoms with Crippen molar-refractivity contribution in [3.8, 4) is 34.4 Å². The van der Waals surface area contributed by atoms with Gasteiger partial charge in [0.05, 0.1) is 11.1 Å². The topological polar surface area (TPSA) is 47.6 Å². The van der Waals surface area contributed by atoms with Gasteiger partial charge in [0.1, 0.15) is 12.1 Å². The van der Waals surface area contributed by atoms with Gasteiger partial charge in [-0.15, -0.1) is 0 Å². The fraction of sp³-hybridized carbons (Fsp3) is 0.0435. The molecule has 2 nitrogen and oxygen atoms in total. The van der Waals surface area contributed by atoms with Crippen molar-refractivity contribution in [1.29, 1.82) is 10.5 Å². The number of hydrogen-bond acceptors (Lipinski definition) is 2. The van der Waals surface area contributed by atoms with Crippen molar-refractivity contribution in [1.82, 2.24) is 0 Å². The van der Waals surface area contributed by atoms with Crippen molar-refractivity contribution in [2.75, 3.05) is 0 Å². The summed E-state index contributed by atoms with van der Waals surface area (Å²) >= 11 is 0. The van der Waals surface area contributed by atoms with Crippen LogP contribution in [0.3, 0.4) is 0 Å². The van der Waals surface area contributed by atoms with E-state index in [1.165, 1.54) is 10.9 Å². The summed E-state index contributed by atoms with van der Waals surface area (Å²) in [6.45, 7) is 2.10. The normalized spacial score (nSPS) is 11.3. The van der Waals surface area contributed by atoms with Gasteiger partial charge >= 0.3 is 0 Å². The number of nitriles is 2. The Balaban J connectivity index is 2.14. The Morgan fingerprint density at radius 3 is 1.80 bits per heavy atom. The lowest BCUT2D eigenvalue weighted by atomic mass is 9.88. The average Bonchev–Trinajstić information content (AvgIpc) is 2.98. The third kappa shape index (κ3) is 1.56. The van der Waals surface area contributed by atoms with Crippen molar-refractivity contribution < 1.29 is 0 Å². The monoisotopic (exact) mass is 316 g/mol. The standard InChI is InChI=1S/C23H12N2/c1-13-9-10-18-21-14(13)7-4-8-17(21)22-19(11-24)15-5-2-3-6-16(15)20(12-25)23(18)22/h2-10H,1H3. The number of fused-ring (bicyclic) bond motifs is 4. The van der Waals surface area contributed by atoms with E-state index in [-0.39, 0.29) is 0 Å². The van der Waals surface area contributed by atoms with Crippen LogP contribution < -0.4 is 0 Å². The van der Waals surface area contributed by atoms with Gasteiger partial charge in [-0.3, -0.25) is 0 Å². The van der Waals surface area contributed by atoms with Gasteiger partial charge in [-0.05, 0) is 34.4 Å². The second kappa shape index (κ2) is 4.69. The zero-order valence-electron chi connectivity index (χ0n) is 13.6. The number of nitrogens with zero attached hydrogens (tertiary/aromatic N) is 2. The molecular weight excluding hydrogens is 304 g/mol. The molecule has 0 bridgehead atoms. The Morgan fingerprint density at radius 1 is 0.640 bits per heavy atom. The Morgan fingerprint density at radius 2 is 1.20 bits per heavy atom. The molecule has 0 fully saturated rings. The first-order chi connectivity index (χ1) is 12.3. The molecule has 0 saturated heterocycles. The Bertz CT molecular complexity index is 1250. The van der Waals surface area contributed by atoms with E-state index in [9.17, 15) is 10.5 Å². The van der Waals surface area contributed by atoms with Crippen LogP contribution in [0.25, 0.3) is 43.8 Å². The van der Waals surface area contributed by atoms with Crippen LogP contribution in [0.5, 0.6) is 0 Å². The maximum Gasteiger partial charge on any atom is 0.100 e. The van der Waals surface area contributed by atoms with Gasteiger partial charge in [0.2, 0.25) is 0 Å². The summed E-state index contributed by atoms with van der Waals surface area (Å²) in [5, 5.41) is 23.9. The van der Waals surface area contributed by atoms with E-state index in [0.717, 1.165) is 38.4 Å². The molecule has 0 heterocycles. The molecule has 114 valence electrons. The average molecular weight is 316 g/mol. The first-order valence-corrected chi connectivity index (χ1v) is 8.18. The van der Waals surface area contributed by atoms with Gasteiger partial charge in [0.15, 0.2) is 0 Å². The molecule has 0 saturated carbocycles. The van der Waals surface area contributed by atoms with E-state index in [1.54, 1.807) is 0 Å².